The van der Waals surface area contributed by atoms with E-state index in [0.29, 0.717) is 15.9 Å². The standard InChI is InChI=1S/C13H17ClN2OS/c14-10-1-2-11(13(15)18)12(7-10)16-5-3-9(8-16)4-6-17/h1-2,7,9,17H,3-6,8H2,(H2,15,18). The number of hydrogen-bond acceptors (Lipinski definition) is 3. The number of aliphatic hydroxyl groups is 1. The van der Waals surface area contributed by atoms with Crippen molar-refractivity contribution >= 4 is 34.5 Å². The van der Waals surface area contributed by atoms with Crippen molar-refractivity contribution in [3.63, 3.8) is 0 Å². The van der Waals surface area contributed by atoms with Crippen molar-refractivity contribution in [1.82, 2.24) is 0 Å². The molecule has 0 aliphatic carbocycles. The smallest absolute Gasteiger partial charge is 0.106 e. The summed E-state index contributed by atoms with van der Waals surface area (Å²) in [6, 6.07) is 5.59. The molecule has 18 heavy (non-hydrogen) atoms. The molecule has 1 heterocycles. The Balaban J connectivity index is 2.23. The molecule has 0 radical (unpaired) electrons. The Kier molecular flexibility index (Phi) is 4.43. The van der Waals surface area contributed by atoms with Gasteiger partial charge < -0.3 is 15.7 Å². The Morgan fingerprint density at radius 1 is 1.56 bits per heavy atom. The second-order valence-electron chi connectivity index (χ2n) is 4.64. The number of halogens is 1. The number of nitrogens with two attached hydrogens (primary N) is 1. The van der Waals surface area contributed by atoms with Crippen LogP contribution in [0.4, 0.5) is 5.69 Å². The van der Waals surface area contributed by atoms with Gasteiger partial charge in [0.2, 0.25) is 0 Å². The molecule has 1 aromatic rings. The summed E-state index contributed by atoms with van der Waals surface area (Å²) in [5, 5.41) is 9.68. The largest absolute Gasteiger partial charge is 0.396 e. The minimum Gasteiger partial charge on any atom is -0.396 e. The molecule has 1 aliphatic heterocycles. The van der Waals surface area contributed by atoms with Crippen molar-refractivity contribution < 1.29 is 5.11 Å². The minimum absolute atomic E-state index is 0.246. The first kappa shape index (κ1) is 13.6. The van der Waals surface area contributed by atoms with E-state index in [0.717, 1.165) is 37.2 Å². The Morgan fingerprint density at radius 2 is 2.33 bits per heavy atom. The van der Waals surface area contributed by atoms with Gasteiger partial charge in [0.1, 0.15) is 4.99 Å². The predicted octanol–water partition coefficient (Wildman–Crippen LogP) is 2.18. The van der Waals surface area contributed by atoms with Gasteiger partial charge in [0, 0.05) is 36.0 Å². The highest BCUT2D eigenvalue weighted by atomic mass is 35.5. The molecule has 2 rings (SSSR count). The maximum Gasteiger partial charge on any atom is 0.106 e. The summed E-state index contributed by atoms with van der Waals surface area (Å²) in [6.45, 7) is 2.13. The van der Waals surface area contributed by atoms with Crippen molar-refractivity contribution in [1.29, 1.82) is 0 Å². The first-order chi connectivity index (χ1) is 8.61. The number of aliphatic hydroxyl groups excluding tert-OH is 1. The SMILES string of the molecule is NC(=S)c1ccc(Cl)cc1N1CCC(CCO)C1. The van der Waals surface area contributed by atoms with Gasteiger partial charge in [-0.25, -0.2) is 0 Å². The van der Waals surface area contributed by atoms with Crippen LogP contribution in [0.2, 0.25) is 5.02 Å². The lowest BCUT2D eigenvalue weighted by atomic mass is 10.1. The van der Waals surface area contributed by atoms with Gasteiger partial charge in [0.05, 0.1) is 0 Å². The van der Waals surface area contributed by atoms with Gasteiger partial charge >= 0.3 is 0 Å². The number of anilines is 1. The third kappa shape index (κ3) is 2.94. The molecule has 0 amide bonds. The molecule has 1 fully saturated rings. The van der Waals surface area contributed by atoms with Crippen LogP contribution < -0.4 is 10.6 Å². The van der Waals surface area contributed by atoms with E-state index < -0.39 is 0 Å². The lowest BCUT2D eigenvalue weighted by Crippen LogP contribution is -2.24. The highest BCUT2D eigenvalue weighted by molar-refractivity contribution is 7.80. The molecule has 0 bridgehead atoms. The first-order valence-corrected chi connectivity index (χ1v) is 6.85. The highest BCUT2D eigenvalue weighted by Gasteiger charge is 2.24. The number of thiocarbonyl (C=S) groups is 1. The van der Waals surface area contributed by atoms with Crippen molar-refractivity contribution in [2.75, 3.05) is 24.6 Å². The van der Waals surface area contributed by atoms with Crippen LogP contribution in [-0.4, -0.2) is 29.8 Å². The molecular weight excluding hydrogens is 268 g/mol. The zero-order valence-electron chi connectivity index (χ0n) is 10.1. The minimum atomic E-state index is 0.246. The van der Waals surface area contributed by atoms with Crippen LogP contribution in [0.5, 0.6) is 0 Å². The van der Waals surface area contributed by atoms with Gasteiger partial charge in [-0.3, -0.25) is 0 Å². The Bertz CT molecular complexity index is 453. The Hall–Kier alpha value is -0.840. The van der Waals surface area contributed by atoms with E-state index in [1.165, 1.54) is 0 Å². The summed E-state index contributed by atoms with van der Waals surface area (Å²) >= 11 is 11.1. The Labute approximate surface area is 118 Å². The summed E-state index contributed by atoms with van der Waals surface area (Å²) in [6.07, 6.45) is 1.93. The number of nitrogens with zero attached hydrogens (tertiary/aromatic N) is 1. The average molecular weight is 285 g/mol. The van der Waals surface area contributed by atoms with E-state index in [-0.39, 0.29) is 6.61 Å². The van der Waals surface area contributed by atoms with Crippen molar-refractivity contribution in [3.05, 3.63) is 28.8 Å². The quantitative estimate of drug-likeness (QED) is 0.832. The van der Waals surface area contributed by atoms with Gasteiger partial charge in [0.25, 0.3) is 0 Å². The molecule has 1 atom stereocenters. The molecule has 1 aliphatic rings. The fraction of sp³-hybridized carbons (Fsp3) is 0.462. The average Bonchev–Trinajstić information content (AvgIpc) is 2.77. The topological polar surface area (TPSA) is 49.5 Å². The molecule has 1 unspecified atom stereocenters. The third-order valence-electron chi connectivity index (χ3n) is 3.39. The van der Waals surface area contributed by atoms with Crippen LogP contribution in [-0.2, 0) is 0 Å². The summed E-state index contributed by atoms with van der Waals surface area (Å²) in [4.78, 5) is 2.65. The molecule has 0 saturated carbocycles. The van der Waals surface area contributed by atoms with Crippen LogP contribution in [0.3, 0.4) is 0 Å². The predicted molar refractivity (Wildman–Crippen MR) is 79.4 cm³/mol. The summed E-state index contributed by atoms with van der Waals surface area (Å²) in [5.74, 6) is 0.535. The molecule has 0 aromatic heterocycles. The third-order valence-corrected chi connectivity index (χ3v) is 3.84. The molecule has 1 aromatic carbocycles. The second kappa shape index (κ2) is 5.87. The number of rotatable bonds is 4. The van der Waals surface area contributed by atoms with Gasteiger partial charge in [0.15, 0.2) is 0 Å². The number of benzene rings is 1. The van der Waals surface area contributed by atoms with Crippen LogP contribution in [0.1, 0.15) is 18.4 Å². The van der Waals surface area contributed by atoms with E-state index in [9.17, 15) is 0 Å². The normalized spacial score (nSPS) is 19.2. The lowest BCUT2D eigenvalue weighted by molar-refractivity contribution is 0.263. The molecule has 3 N–H and O–H groups in total. The van der Waals surface area contributed by atoms with Crippen LogP contribution >= 0.6 is 23.8 Å². The van der Waals surface area contributed by atoms with Crippen molar-refractivity contribution in [2.45, 2.75) is 12.8 Å². The fourth-order valence-electron chi connectivity index (χ4n) is 2.44. The van der Waals surface area contributed by atoms with Crippen LogP contribution in [0.25, 0.3) is 0 Å². The van der Waals surface area contributed by atoms with Gasteiger partial charge in [-0.2, -0.15) is 0 Å². The van der Waals surface area contributed by atoms with E-state index in [1.54, 1.807) is 6.07 Å². The fourth-order valence-corrected chi connectivity index (χ4v) is 2.78. The second-order valence-corrected chi connectivity index (χ2v) is 5.51. The summed E-state index contributed by atoms with van der Waals surface area (Å²) in [7, 11) is 0. The van der Waals surface area contributed by atoms with E-state index in [2.05, 4.69) is 4.90 Å². The van der Waals surface area contributed by atoms with E-state index >= 15 is 0 Å². The zero-order valence-corrected chi connectivity index (χ0v) is 11.7. The molecule has 5 heteroatoms. The zero-order chi connectivity index (χ0) is 13.1. The maximum absolute atomic E-state index is 8.99. The highest BCUT2D eigenvalue weighted by Crippen LogP contribution is 2.30. The van der Waals surface area contributed by atoms with E-state index in [1.807, 2.05) is 12.1 Å². The molecule has 1 saturated heterocycles. The summed E-state index contributed by atoms with van der Waals surface area (Å²) < 4.78 is 0. The van der Waals surface area contributed by atoms with Gasteiger partial charge in [-0.05, 0) is 37.0 Å². The van der Waals surface area contributed by atoms with Gasteiger partial charge in [-0.15, -0.1) is 0 Å². The Morgan fingerprint density at radius 3 is 3.00 bits per heavy atom. The van der Waals surface area contributed by atoms with Crippen LogP contribution in [0.15, 0.2) is 18.2 Å². The maximum atomic E-state index is 8.99. The lowest BCUT2D eigenvalue weighted by Gasteiger charge is -2.22. The van der Waals surface area contributed by atoms with Gasteiger partial charge in [-0.1, -0.05) is 23.8 Å². The van der Waals surface area contributed by atoms with Crippen molar-refractivity contribution in [3.8, 4) is 0 Å². The molecule has 98 valence electrons. The monoisotopic (exact) mass is 284 g/mol. The summed E-state index contributed by atoms with van der Waals surface area (Å²) in [5.41, 5.74) is 7.63. The molecule has 0 spiro atoms. The number of hydrogen-bond donors (Lipinski definition) is 2. The molecule has 3 nitrogen and oxygen atoms in total. The van der Waals surface area contributed by atoms with Crippen molar-refractivity contribution in [2.24, 2.45) is 11.7 Å². The van der Waals surface area contributed by atoms with Crippen LogP contribution in [0, 0.1) is 5.92 Å². The molecular formula is C13H17ClN2OS. The first-order valence-electron chi connectivity index (χ1n) is 6.07. The van der Waals surface area contributed by atoms with E-state index in [4.69, 9.17) is 34.7 Å².